The average Bonchev–Trinajstić information content (AvgIpc) is 2.57. The van der Waals surface area contributed by atoms with Crippen molar-refractivity contribution >= 4 is 11.9 Å². The van der Waals surface area contributed by atoms with Gasteiger partial charge in [0.1, 0.15) is 6.54 Å². The zero-order chi connectivity index (χ0) is 16.8. The molecule has 0 saturated carbocycles. The van der Waals surface area contributed by atoms with E-state index in [0.29, 0.717) is 12.1 Å². The van der Waals surface area contributed by atoms with Crippen LogP contribution in [0.1, 0.15) is 27.0 Å². The van der Waals surface area contributed by atoms with E-state index in [2.05, 4.69) is 0 Å². The summed E-state index contributed by atoms with van der Waals surface area (Å²) in [7, 11) is 1.32. The van der Waals surface area contributed by atoms with Gasteiger partial charge in [-0.15, -0.1) is 0 Å². The molecule has 0 aliphatic heterocycles. The summed E-state index contributed by atoms with van der Waals surface area (Å²) in [5.74, 6) is -0.611. The van der Waals surface area contributed by atoms with E-state index in [0.717, 1.165) is 16.7 Å². The van der Waals surface area contributed by atoms with Crippen molar-refractivity contribution in [1.29, 1.82) is 0 Å². The van der Waals surface area contributed by atoms with Gasteiger partial charge in [0, 0.05) is 12.1 Å². The van der Waals surface area contributed by atoms with Gasteiger partial charge in [-0.3, -0.25) is 9.59 Å². The predicted molar refractivity (Wildman–Crippen MR) is 89.1 cm³/mol. The molecule has 0 N–H and O–H groups in total. The van der Waals surface area contributed by atoms with Crippen LogP contribution in [0.5, 0.6) is 0 Å². The summed E-state index contributed by atoms with van der Waals surface area (Å²) in [5, 5.41) is 0. The number of aryl methyl sites for hydroxylation is 2. The van der Waals surface area contributed by atoms with Gasteiger partial charge in [-0.05, 0) is 42.7 Å². The van der Waals surface area contributed by atoms with E-state index in [1.807, 2.05) is 56.3 Å². The molecule has 23 heavy (non-hydrogen) atoms. The van der Waals surface area contributed by atoms with E-state index in [4.69, 9.17) is 4.74 Å². The van der Waals surface area contributed by atoms with Crippen LogP contribution in [0.25, 0.3) is 0 Å². The summed E-state index contributed by atoms with van der Waals surface area (Å²) in [5.41, 5.74) is 3.72. The topological polar surface area (TPSA) is 46.6 Å². The smallest absolute Gasteiger partial charge is 0.325 e. The molecule has 0 unspecified atom stereocenters. The van der Waals surface area contributed by atoms with E-state index in [9.17, 15) is 9.59 Å². The van der Waals surface area contributed by atoms with Gasteiger partial charge in [-0.1, -0.05) is 36.4 Å². The standard InChI is InChI=1S/C19H21NO3/c1-14-9-10-17(11-15(14)2)19(22)20(13-18(21)23-3)12-16-7-5-4-6-8-16/h4-11H,12-13H2,1-3H3. The highest BCUT2D eigenvalue weighted by atomic mass is 16.5. The van der Waals surface area contributed by atoms with E-state index in [1.165, 1.54) is 12.0 Å². The van der Waals surface area contributed by atoms with Crippen molar-refractivity contribution in [2.24, 2.45) is 0 Å². The molecular formula is C19H21NO3. The van der Waals surface area contributed by atoms with Crippen LogP contribution in [0.15, 0.2) is 48.5 Å². The lowest BCUT2D eigenvalue weighted by Crippen LogP contribution is -2.35. The molecule has 2 aromatic rings. The first-order valence-corrected chi connectivity index (χ1v) is 7.48. The second kappa shape index (κ2) is 7.58. The summed E-state index contributed by atoms with van der Waals surface area (Å²) in [6.07, 6.45) is 0. The molecule has 120 valence electrons. The molecule has 0 atom stereocenters. The lowest BCUT2D eigenvalue weighted by atomic mass is 10.1. The van der Waals surface area contributed by atoms with E-state index < -0.39 is 5.97 Å². The molecule has 4 nitrogen and oxygen atoms in total. The molecule has 0 spiro atoms. The molecule has 0 aliphatic rings. The highest BCUT2D eigenvalue weighted by Crippen LogP contribution is 2.14. The van der Waals surface area contributed by atoms with Gasteiger partial charge in [0.25, 0.3) is 5.91 Å². The van der Waals surface area contributed by atoms with E-state index in [1.54, 1.807) is 6.07 Å². The molecule has 1 amide bonds. The summed E-state index contributed by atoms with van der Waals surface area (Å²) in [4.78, 5) is 25.9. The number of amides is 1. The minimum atomic E-state index is -0.432. The van der Waals surface area contributed by atoms with Crippen LogP contribution in [-0.4, -0.2) is 30.4 Å². The SMILES string of the molecule is COC(=O)CN(Cc1ccccc1)C(=O)c1ccc(C)c(C)c1. The molecular weight excluding hydrogens is 290 g/mol. The second-order valence-corrected chi connectivity index (χ2v) is 5.52. The van der Waals surface area contributed by atoms with Crippen LogP contribution in [0, 0.1) is 13.8 Å². The van der Waals surface area contributed by atoms with Crippen molar-refractivity contribution in [2.75, 3.05) is 13.7 Å². The van der Waals surface area contributed by atoms with Crippen LogP contribution in [0.4, 0.5) is 0 Å². The minimum Gasteiger partial charge on any atom is -0.468 e. The molecule has 0 heterocycles. The largest absolute Gasteiger partial charge is 0.468 e. The van der Waals surface area contributed by atoms with Crippen LogP contribution in [-0.2, 0) is 16.1 Å². The van der Waals surface area contributed by atoms with Gasteiger partial charge in [-0.25, -0.2) is 0 Å². The lowest BCUT2D eigenvalue weighted by Gasteiger charge is -2.22. The third-order valence-electron chi connectivity index (χ3n) is 3.80. The Bertz CT molecular complexity index is 695. The Labute approximate surface area is 136 Å². The highest BCUT2D eigenvalue weighted by molar-refractivity contribution is 5.96. The van der Waals surface area contributed by atoms with E-state index in [-0.39, 0.29) is 12.5 Å². The lowest BCUT2D eigenvalue weighted by molar-refractivity contribution is -0.141. The maximum Gasteiger partial charge on any atom is 0.325 e. The van der Waals surface area contributed by atoms with Crippen molar-refractivity contribution in [3.8, 4) is 0 Å². The Kier molecular flexibility index (Phi) is 5.52. The van der Waals surface area contributed by atoms with Crippen molar-refractivity contribution in [1.82, 2.24) is 4.90 Å². The number of carbonyl (C=O) groups excluding carboxylic acids is 2. The maximum atomic E-state index is 12.8. The number of nitrogens with zero attached hydrogens (tertiary/aromatic N) is 1. The van der Waals surface area contributed by atoms with Crippen molar-refractivity contribution < 1.29 is 14.3 Å². The monoisotopic (exact) mass is 311 g/mol. The van der Waals surface area contributed by atoms with Crippen molar-refractivity contribution in [3.63, 3.8) is 0 Å². The third kappa shape index (κ3) is 4.42. The summed E-state index contributed by atoms with van der Waals surface area (Å²) in [6, 6.07) is 15.2. The Hall–Kier alpha value is -2.62. The van der Waals surface area contributed by atoms with Gasteiger partial charge in [0.2, 0.25) is 0 Å². The molecule has 0 saturated heterocycles. The molecule has 4 heteroatoms. The number of ether oxygens (including phenoxy) is 1. The first kappa shape index (κ1) is 16.7. The number of methoxy groups -OCH3 is 1. The van der Waals surface area contributed by atoms with Gasteiger partial charge in [0.05, 0.1) is 7.11 Å². The fourth-order valence-corrected chi connectivity index (χ4v) is 2.28. The number of benzene rings is 2. The second-order valence-electron chi connectivity index (χ2n) is 5.52. The fraction of sp³-hybridized carbons (Fsp3) is 0.263. The quantitative estimate of drug-likeness (QED) is 0.797. The summed E-state index contributed by atoms with van der Waals surface area (Å²) < 4.78 is 4.71. The fourth-order valence-electron chi connectivity index (χ4n) is 2.28. The van der Waals surface area contributed by atoms with E-state index >= 15 is 0 Å². The summed E-state index contributed by atoms with van der Waals surface area (Å²) >= 11 is 0. The van der Waals surface area contributed by atoms with Crippen LogP contribution in [0.2, 0.25) is 0 Å². The molecule has 0 aliphatic carbocycles. The molecule has 0 fully saturated rings. The molecule has 2 rings (SSSR count). The highest BCUT2D eigenvalue weighted by Gasteiger charge is 2.20. The molecule has 0 radical (unpaired) electrons. The van der Waals surface area contributed by atoms with Gasteiger partial charge in [0.15, 0.2) is 0 Å². The normalized spacial score (nSPS) is 10.2. The van der Waals surface area contributed by atoms with Gasteiger partial charge >= 0.3 is 5.97 Å². The predicted octanol–water partition coefficient (Wildman–Crippen LogP) is 3.12. The molecule has 0 bridgehead atoms. The number of esters is 1. The van der Waals surface area contributed by atoms with Gasteiger partial charge < -0.3 is 9.64 Å². The number of carbonyl (C=O) groups is 2. The zero-order valence-corrected chi connectivity index (χ0v) is 13.7. The summed E-state index contributed by atoms with van der Waals surface area (Å²) in [6.45, 7) is 4.26. The number of hydrogen-bond donors (Lipinski definition) is 0. The Morgan fingerprint density at radius 2 is 1.70 bits per heavy atom. The minimum absolute atomic E-state index is 0.0723. The first-order chi connectivity index (χ1) is 11.0. The van der Waals surface area contributed by atoms with Crippen molar-refractivity contribution in [2.45, 2.75) is 20.4 Å². The maximum absolute atomic E-state index is 12.8. The zero-order valence-electron chi connectivity index (χ0n) is 13.7. The Morgan fingerprint density at radius 1 is 1.00 bits per heavy atom. The van der Waals surface area contributed by atoms with Gasteiger partial charge in [-0.2, -0.15) is 0 Å². The number of hydrogen-bond acceptors (Lipinski definition) is 3. The Morgan fingerprint density at radius 3 is 2.30 bits per heavy atom. The molecule has 0 aromatic heterocycles. The third-order valence-corrected chi connectivity index (χ3v) is 3.80. The van der Waals surface area contributed by atoms with Crippen LogP contribution >= 0.6 is 0 Å². The molecule has 2 aromatic carbocycles. The average molecular weight is 311 g/mol. The van der Waals surface area contributed by atoms with Crippen molar-refractivity contribution in [3.05, 3.63) is 70.8 Å². The van der Waals surface area contributed by atoms with Crippen LogP contribution in [0.3, 0.4) is 0 Å². The Balaban J connectivity index is 2.26. The van der Waals surface area contributed by atoms with Crippen LogP contribution < -0.4 is 0 Å². The number of rotatable bonds is 5. The first-order valence-electron chi connectivity index (χ1n) is 7.48.